The highest BCUT2D eigenvalue weighted by molar-refractivity contribution is 6.92. The van der Waals surface area contributed by atoms with Crippen molar-refractivity contribution in [3.05, 3.63) is 29.8 Å². The Kier molecular flexibility index (Phi) is 3.12. The molecule has 0 radical (unpaired) electrons. The first kappa shape index (κ1) is 13.6. The van der Waals surface area contributed by atoms with E-state index < -0.39 is 17.9 Å². The smallest absolute Gasteiger partial charge is 0.622 e. The van der Waals surface area contributed by atoms with E-state index in [1.807, 2.05) is 0 Å². The van der Waals surface area contributed by atoms with Crippen molar-refractivity contribution >= 4 is 18.7 Å². The van der Waals surface area contributed by atoms with Gasteiger partial charge >= 0.3 is 6.76 Å². The molecule has 0 saturated heterocycles. The van der Waals surface area contributed by atoms with Crippen LogP contribution >= 0.6 is 0 Å². The number of fused-ring (bicyclic) bond motifs is 1. The molecule has 0 N–H and O–H groups in total. The summed E-state index contributed by atoms with van der Waals surface area (Å²) in [6.45, 7) is 1.54. The highest BCUT2D eigenvalue weighted by Crippen LogP contribution is 2.31. The number of benzene rings is 1. The predicted molar refractivity (Wildman–Crippen MR) is 70.8 cm³/mol. The summed E-state index contributed by atoms with van der Waals surface area (Å²) in [6, 6.07) is 6.92. The molecule has 0 aliphatic carbocycles. The fourth-order valence-electron chi connectivity index (χ4n) is 2.04. The Labute approximate surface area is 111 Å². The average molecular weight is 265 g/mol. The number of halogens is 1. The maximum atomic E-state index is 15.1. The lowest BCUT2D eigenvalue weighted by molar-refractivity contribution is -0.699. The van der Waals surface area contributed by atoms with Crippen molar-refractivity contribution in [2.24, 2.45) is 5.41 Å². The van der Waals surface area contributed by atoms with Gasteiger partial charge in [-0.25, -0.2) is 0 Å². The zero-order valence-corrected chi connectivity index (χ0v) is 11.5. The van der Waals surface area contributed by atoms with Crippen LogP contribution in [0.5, 0.6) is 5.75 Å². The Morgan fingerprint density at radius 1 is 1.37 bits per heavy atom. The Bertz CT molecular complexity index is 553. The minimum atomic E-state index is -3.41. The van der Waals surface area contributed by atoms with E-state index in [4.69, 9.17) is 9.49 Å². The molecule has 4 nitrogen and oxygen atoms in total. The highest BCUT2D eigenvalue weighted by atomic mass is 19.1. The summed E-state index contributed by atoms with van der Waals surface area (Å²) in [7, 11) is 1.31. The molecule has 1 aliphatic rings. The second-order valence-electron chi connectivity index (χ2n) is 5.59. The van der Waals surface area contributed by atoms with E-state index in [0.29, 0.717) is 11.3 Å². The molecule has 0 bridgehead atoms. The molecule has 102 valence electrons. The molecule has 1 aromatic rings. The quantitative estimate of drug-likeness (QED) is 0.769. The van der Waals surface area contributed by atoms with Gasteiger partial charge in [0.2, 0.25) is 0 Å². The van der Waals surface area contributed by atoms with E-state index in [0.717, 1.165) is 4.65 Å². The van der Waals surface area contributed by atoms with Gasteiger partial charge in [0.05, 0.1) is 11.3 Å². The second-order valence-corrected chi connectivity index (χ2v) is 5.59. The number of hydrogen-bond donors (Lipinski definition) is 0. The predicted octanol–water partition coefficient (Wildman–Crippen LogP) is 2.13. The summed E-state index contributed by atoms with van der Waals surface area (Å²) < 4.78 is 21.3. The van der Waals surface area contributed by atoms with Crippen LogP contribution in [0, 0.1) is 5.41 Å². The Morgan fingerprint density at radius 2 is 2.00 bits per heavy atom. The number of carbonyl (C=O) groups excluding carboxylic acids is 1. The van der Waals surface area contributed by atoms with Crippen LogP contribution in [-0.2, 0) is 9.63 Å². The van der Waals surface area contributed by atoms with Crippen LogP contribution in [0.3, 0.4) is 0 Å². The van der Waals surface area contributed by atoms with Crippen molar-refractivity contribution in [1.29, 1.82) is 0 Å². The molecule has 1 unspecified atom stereocenters. The summed E-state index contributed by atoms with van der Waals surface area (Å²) in [4.78, 5) is 17.3. The normalized spacial score (nSPS) is 22.1. The maximum absolute atomic E-state index is 15.1. The maximum Gasteiger partial charge on any atom is 0.740 e. The third kappa shape index (κ3) is 2.22. The summed E-state index contributed by atoms with van der Waals surface area (Å²) in [6.07, 6.45) is 1.45. The second kappa shape index (κ2) is 4.37. The Balaban J connectivity index is 2.52. The van der Waals surface area contributed by atoms with E-state index in [-0.39, 0.29) is 0 Å². The highest BCUT2D eigenvalue weighted by Gasteiger charge is 2.60. The van der Waals surface area contributed by atoms with Crippen molar-refractivity contribution < 1.29 is 23.3 Å². The van der Waals surface area contributed by atoms with Gasteiger partial charge < -0.3 is 18.6 Å². The molecule has 1 aliphatic heterocycles. The van der Waals surface area contributed by atoms with E-state index >= 15 is 4.32 Å². The van der Waals surface area contributed by atoms with Gasteiger partial charge in [0.25, 0.3) is 0 Å². The lowest BCUT2D eigenvalue weighted by atomic mass is 9.60. The molecule has 0 spiro atoms. The standard InChI is InChI=1S/C13H17BFNO3/c1-13(2,3)12(17)14(15)16(18-4)9-10-7-5-6-8-11(10)19-14/h5-9H,1-4H3. The SMILES string of the molecule is CO[N+]1=Cc2ccccc2O[B-]1(F)C(=O)C(C)(C)C. The molecule has 1 heterocycles. The third-order valence-corrected chi connectivity index (χ3v) is 3.07. The van der Waals surface area contributed by atoms with Crippen molar-refractivity contribution in [2.75, 3.05) is 7.11 Å². The molecule has 6 heteroatoms. The number of rotatable bonds is 2. The molecule has 0 fully saturated rings. The van der Waals surface area contributed by atoms with Crippen LogP contribution in [-0.4, -0.2) is 30.4 Å². The molecule has 2 rings (SSSR count). The summed E-state index contributed by atoms with van der Waals surface area (Å²) in [5.74, 6) is 0.343. The first-order valence-corrected chi connectivity index (χ1v) is 6.12. The van der Waals surface area contributed by atoms with E-state index in [1.54, 1.807) is 45.0 Å². The minimum absolute atomic E-state index is 0.343. The number of para-hydroxylation sites is 1. The molecule has 0 saturated carbocycles. The van der Waals surface area contributed by atoms with Crippen LogP contribution in [0.4, 0.5) is 4.32 Å². The number of nitrogens with zero attached hydrogens (tertiary/aromatic N) is 1. The van der Waals surface area contributed by atoms with Crippen molar-refractivity contribution in [2.45, 2.75) is 20.8 Å². The van der Waals surface area contributed by atoms with Gasteiger partial charge in [-0.2, -0.15) is 4.65 Å². The zero-order chi connectivity index (χ0) is 14.3. The molecule has 19 heavy (non-hydrogen) atoms. The van der Waals surface area contributed by atoms with Gasteiger partial charge in [-0.15, -0.1) is 0 Å². The molecule has 0 amide bonds. The summed E-state index contributed by atoms with van der Waals surface area (Å²) in [5, 5.41) is 0. The lowest BCUT2D eigenvalue weighted by Crippen LogP contribution is -2.62. The largest absolute Gasteiger partial charge is 0.740 e. The summed E-state index contributed by atoms with van der Waals surface area (Å²) in [5.41, 5.74) is -0.840. The molecular weight excluding hydrogens is 248 g/mol. The van der Waals surface area contributed by atoms with Crippen molar-refractivity contribution in [3.63, 3.8) is 0 Å². The molecule has 0 aromatic heterocycles. The summed E-state index contributed by atoms with van der Waals surface area (Å²) >= 11 is 0. The Hall–Kier alpha value is -1.85. The lowest BCUT2D eigenvalue weighted by Gasteiger charge is -2.34. The van der Waals surface area contributed by atoms with Gasteiger partial charge in [-0.3, -0.25) is 0 Å². The van der Waals surface area contributed by atoms with Crippen LogP contribution < -0.4 is 4.65 Å². The monoisotopic (exact) mass is 265 g/mol. The van der Waals surface area contributed by atoms with Crippen LogP contribution in [0.15, 0.2) is 24.3 Å². The van der Waals surface area contributed by atoms with Gasteiger partial charge in [-0.05, 0) is 17.5 Å². The molecule has 1 atom stereocenters. The van der Waals surface area contributed by atoms with E-state index in [9.17, 15) is 4.79 Å². The van der Waals surface area contributed by atoms with Gasteiger partial charge in [0.1, 0.15) is 12.8 Å². The first-order valence-electron chi connectivity index (χ1n) is 6.12. The van der Waals surface area contributed by atoms with E-state index in [2.05, 4.69) is 0 Å². The number of carbonyl (C=O) groups is 1. The van der Waals surface area contributed by atoms with Gasteiger partial charge in [-0.1, -0.05) is 32.9 Å². The topological polar surface area (TPSA) is 38.5 Å². The minimum Gasteiger partial charge on any atom is -0.622 e. The van der Waals surface area contributed by atoms with E-state index in [1.165, 1.54) is 13.3 Å². The van der Waals surface area contributed by atoms with Gasteiger partial charge in [0, 0.05) is 0 Å². The number of hydrogen-bond acceptors (Lipinski definition) is 3. The molecular formula is C13H17BFNO3. The average Bonchev–Trinajstić information content (AvgIpc) is 2.35. The fourth-order valence-corrected chi connectivity index (χ4v) is 2.04. The van der Waals surface area contributed by atoms with Crippen LogP contribution in [0.2, 0.25) is 0 Å². The zero-order valence-electron chi connectivity index (χ0n) is 11.5. The first-order chi connectivity index (χ1) is 8.79. The Morgan fingerprint density at radius 3 is 2.58 bits per heavy atom. The molecule has 1 aromatic carbocycles. The third-order valence-electron chi connectivity index (χ3n) is 3.07. The van der Waals surface area contributed by atoms with Crippen LogP contribution in [0.1, 0.15) is 26.3 Å². The van der Waals surface area contributed by atoms with Gasteiger partial charge in [0.15, 0.2) is 6.21 Å². The van der Waals surface area contributed by atoms with Crippen molar-refractivity contribution in [1.82, 2.24) is 0 Å². The van der Waals surface area contributed by atoms with Crippen molar-refractivity contribution in [3.8, 4) is 5.75 Å². The fraction of sp³-hybridized carbons (Fsp3) is 0.385. The van der Waals surface area contributed by atoms with Crippen LogP contribution in [0.25, 0.3) is 0 Å².